The summed E-state index contributed by atoms with van der Waals surface area (Å²) in [5, 5.41) is 10.4. The molecule has 0 saturated carbocycles. The average Bonchev–Trinajstić information content (AvgIpc) is 3.47. The first-order valence-electron chi connectivity index (χ1n) is 11.1. The number of benzene rings is 1. The number of carbonyl (C=O) groups is 1. The van der Waals surface area contributed by atoms with Gasteiger partial charge in [0.2, 0.25) is 5.91 Å². The number of imidazole rings is 1. The van der Waals surface area contributed by atoms with Crippen molar-refractivity contribution >= 4 is 50.3 Å². The number of thioether (sulfide) groups is 1. The zero-order valence-corrected chi connectivity index (χ0v) is 20.4. The summed E-state index contributed by atoms with van der Waals surface area (Å²) in [6.07, 6.45) is 5.03. The Bertz CT molecular complexity index is 1650. The molecular weight excluding hydrogens is 477 g/mol. The number of anilines is 1. The maximum absolute atomic E-state index is 13.4. The van der Waals surface area contributed by atoms with Crippen molar-refractivity contribution in [1.82, 2.24) is 30.1 Å². The zero-order chi connectivity index (χ0) is 25.4. The van der Waals surface area contributed by atoms with Crippen molar-refractivity contribution in [2.45, 2.75) is 13.8 Å². The molecule has 0 aliphatic heterocycles. The van der Waals surface area contributed by atoms with Gasteiger partial charge in [-0.2, -0.15) is 9.49 Å². The van der Waals surface area contributed by atoms with Gasteiger partial charge >= 0.3 is 0 Å². The number of halogens is 1. The molecule has 0 aliphatic rings. The van der Waals surface area contributed by atoms with E-state index in [1.54, 1.807) is 18.6 Å². The molecule has 8 nitrogen and oxygen atoms in total. The number of nitrogens with zero attached hydrogens (tertiary/aromatic N) is 4. The van der Waals surface area contributed by atoms with Crippen LogP contribution in [-0.4, -0.2) is 36.0 Å². The van der Waals surface area contributed by atoms with Crippen LogP contribution >= 0.6 is 11.8 Å². The van der Waals surface area contributed by atoms with Gasteiger partial charge in [-0.05, 0) is 18.2 Å². The van der Waals surface area contributed by atoms with Gasteiger partial charge in [0, 0.05) is 39.9 Å². The SMILES string of the molecule is C=C(F)SC(=C)c1cccc2[nH]c(-c3[nH]nc4ncc(-c5cncc(NC(=O)C(C)C)c5)cc34)nc12. The fourth-order valence-electron chi connectivity index (χ4n) is 3.76. The molecule has 1 aromatic carbocycles. The molecule has 0 fully saturated rings. The van der Waals surface area contributed by atoms with E-state index in [0.717, 1.165) is 33.8 Å². The minimum Gasteiger partial charge on any atom is -0.337 e. The van der Waals surface area contributed by atoms with Crippen LogP contribution in [0.3, 0.4) is 0 Å². The fraction of sp³-hybridized carbons (Fsp3) is 0.115. The molecule has 0 saturated heterocycles. The van der Waals surface area contributed by atoms with Gasteiger partial charge in [0.1, 0.15) is 5.69 Å². The number of carbonyl (C=O) groups excluding carboxylic acids is 1. The average molecular weight is 500 g/mol. The van der Waals surface area contributed by atoms with Crippen LogP contribution in [-0.2, 0) is 4.79 Å². The molecule has 3 N–H and O–H groups in total. The maximum Gasteiger partial charge on any atom is 0.226 e. The number of H-pyrrole nitrogens is 2. The number of para-hydroxylation sites is 1. The monoisotopic (exact) mass is 499 g/mol. The summed E-state index contributed by atoms with van der Waals surface area (Å²) in [7, 11) is 0. The van der Waals surface area contributed by atoms with E-state index in [1.807, 2.05) is 44.2 Å². The standard InChI is InChI=1S/C26H22FN7OS/c1-13(2)26(35)30-18-8-16(10-28-12-18)17-9-20-23(33-34-24(20)29-11-17)25-31-21-7-5-6-19(22(21)32-25)14(3)36-15(4)27/h5-13H,3-4H2,1-2H3,(H,30,35)(H,31,32)(H,29,33,34). The third-order valence-corrected chi connectivity index (χ3v) is 6.24. The third-order valence-electron chi connectivity index (χ3n) is 5.56. The number of pyridine rings is 2. The number of fused-ring (bicyclic) bond motifs is 2. The summed E-state index contributed by atoms with van der Waals surface area (Å²) in [5.41, 5.74) is 5.55. The van der Waals surface area contributed by atoms with Crippen molar-refractivity contribution in [3.05, 3.63) is 72.8 Å². The topological polar surface area (TPSA) is 112 Å². The Morgan fingerprint density at radius 1 is 1.14 bits per heavy atom. The van der Waals surface area contributed by atoms with Gasteiger partial charge in [0.05, 0.1) is 28.3 Å². The van der Waals surface area contributed by atoms with Crippen LogP contribution in [0, 0.1) is 5.92 Å². The first-order chi connectivity index (χ1) is 17.3. The molecule has 180 valence electrons. The fourth-order valence-corrected chi connectivity index (χ4v) is 4.30. The molecule has 0 bridgehead atoms. The summed E-state index contributed by atoms with van der Waals surface area (Å²) in [4.78, 5) is 29.4. The van der Waals surface area contributed by atoms with E-state index in [9.17, 15) is 9.18 Å². The highest BCUT2D eigenvalue weighted by molar-refractivity contribution is 8.11. The molecule has 0 unspecified atom stereocenters. The second-order valence-corrected chi connectivity index (χ2v) is 9.61. The number of amides is 1. The Labute approximate surface area is 210 Å². The van der Waals surface area contributed by atoms with E-state index >= 15 is 0 Å². The van der Waals surface area contributed by atoms with Crippen molar-refractivity contribution in [3.8, 4) is 22.6 Å². The van der Waals surface area contributed by atoms with Crippen LogP contribution in [0.2, 0.25) is 0 Å². The van der Waals surface area contributed by atoms with Crippen LogP contribution in [0.15, 0.2) is 67.2 Å². The van der Waals surface area contributed by atoms with Gasteiger partial charge in [-0.1, -0.05) is 50.9 Å². The lowest BCUT2D eigenvalue weighted by molar-refractivity contribution is -0.118. The summed E-state index contributed by atoms with van der Waals surface area (Å²) in [6, 6.07) is 9.39. The van der Waals surface area contributed by atoms with Gasteiger partial charge in [-0.3, -0.25) is 14.9 Å². The lowest BCUT2D eigenvalue weighted by atomic mass is 10.1. The molecule has 0 spiro atoms. The van der Waals surface area contributed by atoms with Gasteiger partial charge in [-0.15, -0.1) is 0 Å². The molecule has 0 aliphatic carbocycles. The van der Waals surface area contributed by atoms with Crippen molar-refractivity contribution in [3.63, 3.8) is 0 Å². The van der Waals surface area contributed by atoms with Crippen LogP contribution in [0.5, 0.6) is 0 Å². The summed E-state index contributed by atoms with van der Waals surface area (Å²) in [6.45, 7) is 10.9. The van der Waals surface area contributed by atoms with Crippen LogP contribution in [0.4, 0.5) is 10.1 Å². The lowest BCUT2D eigenvalue weighted by Gasteiger charge is -2.09. The number of hydrogen-bond acceptors (Lipinski definition) is 6. The molecule has 0 atom stereocenters. The summed E-state index contributed by atoms with van der Waals surface area (Å²) >= 11 is 0.866. The van der Waals surface area contributed by atoms with Crippen molar-refractivity contribution in [1.29, 1.82) is 0 Å². The Balaban J connectivity index is 1.54. The number of aromatic nitrogens is 6. The number of hydrogen-bond donors (Lipinski definition) is 3. The highest BCUT2D eigenvalue weighted by Crippen LogP contribution is 2.36. The van der Waals surface area contributed by atoms with Crippen LogP contribution in [0.1, 0.15) is 19.4 Å². The highest BCUT2D eigenvalue weighted by Gasteiger charge is 2.17. The molecule has 5 rings (SSSR count). The number of nitrogens with one attached hydrogen (secondary N) is 3. The highest BCUT2D eigenvalue weighted by atomic mass is 32.2. The molecule has 4 aromatic heterocycles. The first-order valence-corrected chi connectivity index (χ1v) is 11.9. The summed E-state index contributed by atoms with van der Waals surface area (Å²) < 4.78 is 13.4. The van der Waals surface area contributed by atoms with E-state index in [2.05, 4.69) is 43.6 Å². The van der Waals surface area contributed by atoms with Crippen molar-refractivity contribution < 1.29 is 9.18 Å². The molecule has 1 amide bonds. The number of aromatic amines is 2. The van der Waals surface area contributed by atoms with Gasteiger partial charge in [0.15, 0.2) is 16.6 Å². The van der Waals surface area contributed by atoms with E-state index in [1.165, 1.54) is 0 Å². The predicted octanol–water partition coefficient (Wildman–Crippen LogP) is 6.30. The predicted molar refractivity (Wildman–Crippen MR) is 143 cm³/mol. The minimum atomic E-state index is -0.534. The van der Waals surface area contributed by atoms with E-state index < -0.39 is 5.16 Å². The van der Waals surface area contributed by atoms with E-state index in [0.29, 0.717) is 38.8 Å². The first kappa shape index (κ1) is 23.4. The summed E-state index contributed by atoms with van der Waals surface area (Å²) in [5.74, 6) is 0.337. The van der Waals surface area contributed by atoms with E-state index in [4.69, 9.17) is 4.98 Å². The van der Waals surface area contributed by atoms with Crippen LogP contribution < -0.4 is 5.32 Å². The normalized spacial score (nSPS) is 11.3. The zero-order valence-electron chi connectivity index (χ0n) is 19.6. The molecule has 0 radical (unpaired) electrons. The Kier molecular flexibility index (Phi) is 6.11. The molecule has 4 heterocycles. The van der Waals surface area contributed by atoms with Crippen LogP contribution in [0.25, 0.3) is 49.6 Å². The van der Waals surface area contributed by atoms with Gasteiger partial charge < -0.3 is 10.3 Å². The van der Waals surface area contributed by atoms with Gasteiger partial charge in [-0.25, -0.2) is 9.97 Å². The lowest BCUT2D eigenvalue weighted by Crippen LogP contribution is -2.17. The Morgan fingerprint density at radius 3 is 2.72 bits per heavy atom. The smallest absolute Gasteiger partial charge is 0.226 e. The van der Waals surface area contributed by atoms with E-state index in [-0.39, 0.29) is 11.8 Å². The Morgan fingerprint density at radius 2 is 1.94 bits per heavy atom. The molecule has 10 heteroatoms. The minimum absolute atomic E-state index is 0.0826. The molecule has 5 aromatic rings. The largest absolute Gasteiger partial charge is 0.337 e. The molecular formula is C26H22FN7OS. The van der Waals surface area contributed by atoms with Crippen molar-refractivity contribution in [2.75, 3.05) is 5.32 Å². The quantitative estimate of drug-likeness (QED) is 0.242. The maximum atomic E-state index is 13.4. The third kappa shape index (κ3) is 4.50. The van der Waals surface area contributed by atoms with Gasteiger partial charge in [0.25, 0.3) is 0 Å². The Hall–Kier alpha value is -4.31. The second-order valence-electron chi connectivity index (χ2n) is 8.47. The second kappa shape index (κ2) is 9.38. The van der Waals surface area contributed by atoms with Crippen molar-refractivity contribution in [2.24, 2.45) is 5.92 Å². The molecule has 36 heavy (non-hydrogen) atoms. The number of rotatable bonds is 7.